The molecule has 0 heterocycles. The van der Waals surface area contributed by atoms with Crippen molar-refractivity contribution in [3.8, 4) is 11.5 Å². The number of aliphatic imine (C=N–C) groups is 1. The van der Waals surface area contributed by atoms with Crippen molar-refractivity contribution in [2.75, 3.05) is 26.0 Å². The molecule has 1 amide bonds. The summed E-state index contributed by atoms with van der Waals surface area (Å²) in [5.41, 5.74) is 1.89. The predicted molar refractivity (Wildman–Crippen MR) is 139 cm³/mol. The zero-order valence-electron chi connectivity index (χ0n) is 18.9. The molecule has 7 nitrogen and oxygen atoms in total. The highest BCUT2D eigenvalue weighted by molar-refractivity contribution is 14.0. The molecule has 0 spiro atoms. The molecular weight excluding hydrogens is 519 g/mol. The summed E-state index contributed by atoms with van der Waals surface area (Å²) in [6.07, 6.45) is 3.05. The Labute approximate surface area is 207 Å². The van der Waals surface area contributed by atoms with Gasteiger partial charge in [0, 0.05) is 25.2 Å². The molecule has 0 radical (unpaired) electrons. The van der Waals surface area contributed by atoms with E-state index in [9.17, 15) is 4.79 Å². The molecule has 1 aliphatic rings. The molecule has 3 N–H and O–H groups in total. The lowest BCUT2D eigenvalue weighted by Gasteiger charge is -2.24. The number of hydrogen-bond donors (Lipinski definition) is 3. The van der Waals surface area contributed by atoms with E-state index < -0.39 is 0 Å². The number of methoxy groups -OCH3 is 1. The van der Waals surface area contributed by atoms with Crippen LogP contribution in [0.5, 0.6) is 11.5 Å². The summed E-state index contributed by atoms with van der Waals surface area (Å²) in [4.78, 5) is 16.4. The fourth-order valence-electron chi connectivity index (χ4n) is 3.30. The Hall–Kier alpha value is -2.49. The van der Waals surface area contributed by atoms with Crippen molar-refractivity contribution in [3.05, 3.63) is 54.1 Å². The van der Waals surface area contributed by atoms with Crippen LogP contribution in [0, 0.1) is 5.92 Å². The fourth-order valence-corrected chi connectivity index (χ4v) is 3.30. The number of nitrogens with one attached hydrogen (secondary N) is 3. The van der Waals surface area contributed by atoms with Crippen molar-refractivity contribution in [1.82, 2.24) is 10.6 Å². The zero-order valence-corrected chi connectivity index (χ0v) is 21.2. The minimum Gasteiger partial charge on any atom is -0.493 e. The van der Waals surface area contributed by atoms with Gasteiger partial charge in [-0.3, -0.25) is 9.79 Å². The molecule has 0 saturated heterocycles. The van der Waals surface area contributed by atoms with Gasteiger partial charge in [0.05, 0.1) is 13.7 Å². The number of nitrogens with zero attached hydrogens (tertiary/aromatic N) is 1. The topological polar surface area (TPSA) is 84.0 Å². The number of halogens is 1. The molecule has 0 bridgehead atoms. The zero-order chi connectivity index (χ0) is 22.1. The first-order chi connectivity index (χ1) is 15.1. The summed E-state index contributed by atoms with van der Waals surface area (Å²) in [5.74, 6) is 2.39. The largest absolute Gasteiger partial charge is 0.493 e. The van der Waals surface area contributed by atoms with E-state index in [-0.39, 0.29) is 41.9 Å². The van der Waals surface area contributed by atoms with Crippen LogP contribution in [0.2, 0.25) is 0 Å². The molecule has 3 rings (SSSR count). The fraction of sp³-hybridized carbons (Fsp3) is 0.417. The van der Waals surface area contributed by atoms with Crippen LogP contribution < -0.4 is 25.4 Å². The molecule has 1 aliphatic carbocycles. The molecule has 174 valence electrons. The first kappa shape index (κ1) is 25.8. The molecule has 1 saturated carbocycles. The van der Waals surface area contributed by atoms with E-state index in [0.717, 1.165) is 30.5 Å². The maximum Gasteiger partial charge on any atom is 0.227 e. The minimum atomic E-state index is -0.0834. The van der Waals surface area contributed by atoms with E-state index in [1.165, 1.54) is 0 Å². The second kappa shape index (κ2) is 13.1. The third-order valence-corrected chi connectivity index (χ3v) is 5.31. The van der Waals surface area contributed by atoms with E-state index >= 15 is 0 Å². The van der Waals surface area contributed by atoms with Crippen LogP contribution in [-0.4, -0.2) is 38.7 Å². The van der Waals surface area contributed by atoms with Gasteiger partial charge in [-0.15, -0.1) is 24.0 Å². The maximum absolute atomic E-state index is 12.2. The maximum atomic E-state index is 12.2. The predicted octanol–water partition coefficient (Wildman–Crippen LogP) is 4.18. The number of anilines is 1. The molecule has 1 unspecified atom stereocenters. The van der Waals surface area contributed by atoms with E-state index in [2.05, 4.69) is 20.9 Å². The van der Waals surface area contributed by atoms with Crippen LogP contribution in [0.4, 0.5) is 5.69 Å². The molecule has 1 fully saturated rings. The quantitative estimate of drug-likeness (QED) is 0.247. The summed E-state index contributed by atoms with van der Waals surface area (Å²) >= 11 is 0. The highest BCUT2D eigenvalue weighted by Crippen LogP contribution is 2.28. The Morgan fingerprint density at radius 3 is 2.53 bits per heavy atom. The highest BCUT2D eigenvalue weighted by atomic mass is 127. The number of benzene rings is 2. The van der Waals surface area contributed by atoms with Gasteiger partial charge in [0.1, 0.15) is 6.10 Å². The van der Waals surface area contributed by atoms with Crippen LogP contribution in [0.15, 0.2) is 53.5 Å². The van der Waals surface area contributed by atoms with Crippen molar-refractivity contribution in [1.29, 1.82) is 0 Å². The summed E-state index contributed by atoms with van der Waals surface area (Å²) in [5, 5.41) is 9.60. The number of amides is 1. The van der Waals surface area contributed by atoms with Gasteiger partial charge >= 0.3 is 0 Å². The lowest BCUT2D eigenvalue weighted by molar-refractivity contribution is -0.122. The van der Waals surface area contributed by atoms with Gasteiger partial charge in [-0.25, -0.2) is 0 Å². The van der Waals surface area contributed by atoms with E-state index in [0.29, 0.717) is 30.5 Å². The van der Waals surface area contributed by atoms with Crippen molar-refractivity contribution >= 4 is 41.5 Å². The Kier molecular flexibility index (Phi) is 10.6. The van der Waals surface area contributed by atoms with Crippen LogP contribution in [0.3, 0.4) is 0 Å². The lowest BCUT2D eigenvalue weighted by atomic mass is 9.85. The van der Waals surface area contributed by atoms with E-state index in [4.69, 9.17) is 9.47 Å². The van der Waals surface area contributed by atoms with Gasteiger partial charge in [-0.05, 0) is 49.6 Å². The Balaban J connectivity index is 0.00000363. The molecule has 2 aromatic carbocycles. The monoisotopic (exact) mass is 552 g/mol. The van der Waals surface area contributed by atoms with Crippen molar-refractivity contribution in [2.45, 2.75) is 38.8 Å². The molecule has 1 atom stereocenters. The van der Waals surface area contributed by atoms with Gasteiger partial charge in [-0.2, -0.15) is 0 Å². The van der Waals surface area contributed by atoms with Crippen LogP contribution in [0.1, 0.15) is 31.7 Å². The molecule has 2 aromatic rings. The molecule has 8 heteroatoms. The third-order valence-electron chi connectivity index (χ3n) is 5.31. The molecule has 32 heavy (non-hydrogen) atoms. The highest BCUT2D eigenvalue weighted by Gasteiger charge is 2.25. The summed E-state index contributed by atoms with van der Waals surface area (Å²) < 4.78 is 11.3. The van der Waals surface area contributed by atoms with Gasteiger partial charge < -0.3 is 25.4 Å². The summed E-state index contributed by atoms with van der Waals surface area (Å²) in [7, 11) is 3.36. The Morgan fingerprint density at radius 1 is 1.12 bits per heavy atom. The first-order valence-corrected chi connectivity index (χ1v) is 10.7. The molecule has 0 aromatic heterocycles. The van der Waals surface area contributed by atoms with Crippen LogP contribution in [-0.2, 0) is 11.3 Å². The van der Waals surface area contributed by atoms with Crippen LogP contribution in [0.25, 0.3) is 0 Å². The van der Waals surface area contributed by atoms with Gasteiger partial charge in [0.2, 0.25) is 5.91 Å². The number of ether oxygens (including phenoxy) is 2. The number of para-hydroxylation sites is 2. The van der Waals surface area contributed by atoms with Gasteiger partial charge in [-0.1, -0.05) is 30.7 Å². The average Bonchev–Trinajstić information content (AvgIpc) is 2.73. The van der Waals surface area contributed by atoms with Gasteiger partial charge in [0.25, 0.3) is 0 Å². The van der Waals surface area contributed by atoms with Crippen molar-refractivity contribution < 1.29 is 14.3 Å². The van der Waals surface area contributed by atoms with Crippen molar-refractivity contribution in [2.24, 2.45) is 10.9 Å². The Morgan fingerprint density at radius 2 is 1.88 bits per heavy atom. The molecular formula is C24H33IN4O3. The SMILES string of the molecule is CN=C(NCc1cccc(NC(=O)C2CCC2)c1)NCC(C)Oc1ccccc1OC.I. The summed E-state index contributed by atoms with van der Waals surface area (Å²) in [6.45, 7) is 3.16. The molecule has 0 aliphatic heterocycles. The lowest BCUT2D eigenvalue weighted by Crippen LogP contribution is -2.41. The standard InChI is InChI=1S/C24H32N4O3.HI/c1-17(31-22-13-5-4-12-21(22)30-3)15-26-24(25-2)27-16-18-8-6-11-20(14-18)28-23(29)19-9-7-10-19;/h4-6,8,11-14,17,19H,7,9-10,15-16H2,1-3H3,(H,28,29)(H2,25,26,27);1H. The Bertz CT molecular complexity index is 902. The second-order valence-corrected chi connectivity index (χ2v) is 7.70. The third kappa shape index (κ3) is 7.58. The number of guanidine groups is 1. The van der Waals surface area contributed by atoms with E-state index in [1.54, 1.807) is 14.2 Å². The van der Waals surface area contributed by atoms with Crippen molar-refractivity contribution in [3.63, 3.8) is 0 Å². The van der Waals surface area contributed by atoms with Gasteiger partial charge in [0.15, 0.2) is 17.5 Å². The first-order valence-electron chi connectivity index (χ1n) is 10.7. The average molecular weight is 552 g/mol. The normalized spacial score (nSPS) is 14.4. The number of rotatable bonds is 9. The number of hydrogen-bond acceptors (Lipinski definition) is 4. The minimum absolute atomic E-state index is 0. The number of carbonyl (C=O) groups is 1. The van der Waals surface area contributed by atoms with E-state index in [1.807, 2.05) is 55.5 Å². The number of carbonyl (C=O) groups excluding carboxylic acids is 1. The summed E-state index contributed by atoms with van der Waals surface area (Å²) in [6, 6.07) is 15.5. The second-order valence-electron chi connectivity index (χ2n) is 7.70. The smallest absolute Gasteiger partial charge is 0.227 e. The van der Waals surface area contributed by atoms with Crippen LogP contribution >= 0.6 is 24.0 Å².